The number of carbonyl (C=O) groups excluding carboxylic acids is 1. The maximum Gasteiger partial charge on any atom is 0.158 e. The average molecular weight is 195 g/mol. The third-order valence-corrected chi connectivity index (χ3v) is 2.98. The number of carbonyl (C=O) groups is 1. The second kappa shape index (κ2) is 4.24. The van der Waals surface area contributed by atoms with Gasteiger partial charge in [0.15, 0.2) is 5.78 Å². The smallest absolute Gasteiger partial charge is 0.158 e. The van der Waals surface area contributed by atoms with Crippen molar-refractivity contribution in [3.8, 4) is 0 Å². The highest BCUT2D eigenvalue weighted by atomic mass is 16.5. The van der Waals surface area contributed by atoms with Gasteiger partial charge in [-0.3, -0.25) is 4.79 Å². The molecule has 2 fully saturated rings. The first-order valence-electron chi connectivity index (χ1n) is 5.30. The van der Waals surface area contributed by atoms with Gasteiger partial charge in [0.05, 0.1) is 13.2 Å². The van der Waals surface area contributed by atoms with Crippen LogP contribution in [0.15, 0.2) is 12.2 Å². The standard InChI is InChI=1S/C11H17NO2/c1-2-3-11(13)8-4-9-6-14-7-10(5-8)12-9/h2-3,8-10,12H,4-7H2,1H3/b3-2-. The molecule has 2 saturated heterocycles. The molecule has 0 radical (unpaired) electrons. The summed E-state index contributed by atoms with van der Waals surface area (Å²) in [6.45, 7) is 3.41. The fraction of sp³-hybridized carbons (Fsp3) is 0.727. The minimum atomic E-state index is 0.214. The molecule has 0 aliphatic carbocycles. The quantitative estimate of drug-likeness (QED) is 0.665. The van der Waals surface area contributed by atoms with Crippen LogP contribution in [0.25, 0.3) is 0 Å². The topological polar surface area (TPSA) is 38.3 Å². The highest BCUT2D eigenvalue weighted by molar-refractivity contribution is 5.91. The Bertz CT molecular complexity index is 238. The van der Waals surface area contributed by atoms with Crippen molar-refractivity contribution in [2.45, 2.75) is 31.8 Å². The summed E-state index contributed by atoms with van der Waals surface area (Å²) in [5.74, 6) is 0.497. The summed E-state index contributed by atoms with van der Waals surface area (Å²) in [4.78, 5) is 11.7. The maximum absolute atomic E-state index is 11.7. The minimum Gasteiger partial charge on any atom is -0.378 e. The molecule has 2 aliphatic heterocycles. The molecule has 0 aromatic rings. The zero-order chi connectivity index (χ0) is 9.97. The van der Waals surface area contributed by atoms with Gasteiger partial charge in [0.25, 0.3) is 0 Å². The van der Waals surface area contributed by atoms with E-state index in [1.54, 1.807) is 6.08 Å². The molecule has 0 aromatic heterocycles. The van der Waals surface area contributed by atoms with Crippen molar-refractivity contribution >= 4 is 5.78 Å². The van der Waals surface area contributed by atoms with Gasteiger partial charge in [-0.1, -0.05) is 6.08 Å². The van der Waals surface area contributed by atoms with Crippen molar-refractivity contribution in [3.05, 3.63) is 12.2 Å². The summed E-state index contributed by atoms with van der Waals surface area (Å²) in [6, 6.07) is 0.781. The Morgan fingerprint density at radius 3 is 2.57 bits per heavy atom. The van der Waals surface area contributed by atoms with Crippen LogP contribution in [0.2, 0.25) is 0 Å². The number of fused-ring (bicyclic) bond motifs is 2. The molecule has 2 heterocycles. The van der Waals surface area contributed by atoms with Crippen molar-refractivity contribution in [2.75, 3.05) is 13.2 Å². The molecule has 2 atom stereocenters. The van der Waals surface area contributed by atoms with E-state index in [-0.39, 0.29) is 11.7 Å². The Morgan fingerprint density at radius 2 is 2.00 bits per heavy atom. The molecule has 0 spiro atoms. The van der Waals surface area contributed by atoms with E-state index in [1.165, 1.54) is 0 Å². The molecule has 2 rings (SSSR count). The Hall–Kier alpha value is -0.670. The van der Waals surface area contributed by atoms with Crippen molar-refractivity contribution in [3.63, 3.8) is 0 Å². The van der Waals surface area contributed by atoms with Crippen LogP contribution in [0.1, 0.15) is 19.8 Å². The van der Waals surface area contributed by atoms with Gasteiger partial charge in [-0.05, 0) is 25.8 Å². The third kappa shape index (κ3) is 2.04. The number of hydrogen-bond donors (Lipinski definition) is 1. The zero-order valence-corrected chi connectivity index (χ0v) is 8.53. The summed E-state index contributed by atoms with van der Waals surface area (Å²) in [6.07, 6.45) is 5.39. The van der Waals surface area contributed by atoms with Gasteiger partial charge in [-0.2, -0.15) is 0 Å². The number of ether oxygens (including phenoxy) is 1. The summed E-state index contributed by atoms with van der Waals surface area (Å²) >= 11 is 0. The molecule has 3 nitrogen and oxygen atoms in total. The minimum absolute atomic E-state index is 0.214. The SMILES string of the molecule is C/C=C\C(=O)C1CC2COCC(C1)N2. The molecule has 2 unspecified atom stereocenters. The molecule has 0 amide bonds. The number of hydrogen-bond acceptors (Lipinski definition) is 3. The molecule has 14 heavy (non-hydrogen) atoms. The van der Waals surface area contributed by atoms with Gasteiger partial charge in [0, 0.05) is 18.0 Å². The third-order valence-electron chi connectivity index (χ3n) is 2.98. The van der Waals surface area contributed by atoms with Crippen molar-refractivity contribution in [2.24, 2.45) is 5.92 Å². The lowest BCUT2D eigenvalue weighted by Gasteiger charge is -2.39. The van der Waals surface area contributed by atoms with Crippen molar-refractivity contribution in [1.82, 2.24) is 5.32 Å². The van der Waals surface area contributed by atoms with E-state index in [9.17, 15) is 4.79 Å². The number of ketones is 1. The molecule has 2 bridgehead atoms. The van der Waals surface area contributed by atoms with Gasteiger partial charge in [0.2, 0.25) is 0 Å². The Balaban J connectivity index is 1.98. The van der Waals surface area contributed by atoms with Gasteiger partial charge < -0.3 is 10.1 Å². The lowest BCUT2D eigenvalue weighted by molar-refractivity contribution is -0.121. The van der Waals surface area contributed by atoms with Gasteiger partial charge in [-0.15, -0.1) is 0 Å². The fourth-order valence-corrected chi connectivity index (χ4v) is 2.37. The van der Waals surface area contributed by atoms with E-state index in [0.29, 0.717) is 12.1 Å². The Morgan fingerprint density at radius 1 is 1.36 bits per heavy atom. The van der Waals surface area contributed by atoms with Crippen LogP contribution < -0.4 is 5.32 Å². The first kappa shape index (κ1) is 9.87. The molecule has 3 heteroatoms. The largest absolute Gasteiger partial charge is 0.378 e. The highest BCUT2D eigenvalue weighted by Crippen LogP contribution is 2.24. The fourth-order valence-electron chi connectivity index (χ4n) is 2.37. The van der Waals surface area contributed by atoms with Crippen molar-refractivity contribution < 1.29 is 9.53 Å². The molecular formula is C11H17NO2. The van der Waals surface area contributed by atoms with Crippen LogP contribution in [-0.2, 0) is 9.53 Å². The van der Waals surface area contributed by atoms with Gasteiger partial charge in [0.1, 0.15) is 0 Å². The van der Waals surface area contributed by atoms with E-state index in [2.05, 4.69) is 5.32 Å². The predicted octanol–water partition coefficient (Wildman–Crippen LogP) is 0.899. The number of nitrogens with one attached hydrogen (secondary N) is 1. The molecule has 78 valence electrons. The van der Waals surface area contributed by atoms with E-state index >= 15 is 0 Å². The van der Waals surface area contributed by atoms with Crippen LogP contribution in [0, 0.1) is 5.92 Å². The molecule has 0 saturated carbocycles. The second-order valence-electron chi connectivity index (χ2n) is 4.17. The summed E-state index contributed by atoms with van der Waals surface area (Å²) in [7, 11) is 0. The number of morpholine rings is 1. The van der Waals surface area contributed by atoms with E-state index in [0.717, 1.165) is 26.1 Å². The maximum atomic E-state index is 11.7. The van der Waals surface area contributed by atoms with Crippen LogP contribution in [0.5, 0.6) is 0 Å². The zero-order valence-electron chi connectivity index (χ0n) is 8.53. The lowest BCUT2D eigenvalue weighted by atomic mass is 9.84. The Kier molecular flexibility index (Phi) is 2.99. The average Bonchev–Trinajstić information content (AvgIpc) is 2.17. The molecule has 0 aromatic carbocycles. The molecule has 2 aliphatic rings. The second-order valence-corrected chi connectivity index (χ2v) is 4.17. The van der Waals surface area contributed by atoms with Crippen LogP contribution in [0.3, 0.4) is 0 Å². The number of piperidine rings is 1. The van der Waals surface area contributed by atoms with Gasteiger partial charge >= 0.3 is 0 Å². The van der Waals surface area contributed by atoms with Crippen LogP contribution in [-0.4, -0.2) is 31.1 Å². The van der Waals surface area contributed by atoms with Crippen LogP contribution >= 0.6 is 0 Å². The highest BCUT2D eigenvalue weighted by Gasteiger charge is 2.34. The summed E-state index contributed by atoms with van der Waals surface area (Å²) in [5, 5.41) is 3.48. The molecule has 1 N–H and O–H groups in total. The van der Waals surface area contributed by atoms with Crippen LogP contribution in [0.4, 0.5) is 0 Å². The molecular weight excluding hydrogens is 178 g/mol. The summed E-state index contributed by atoms with van der Waals surface area (Å²) in [5.41, 5.74) is 0. The first-order valence-corrected chi connectivity index (χ1v) is 5.30. The van der Waals surface area contributed by atoms with Gasteiger partial charge in [-0.25, -0.2) is 0 Å². The first-order chi connectivity index (χ1) is 6.79. The van der Waals surface area contributed by atoms with E-state index in [4.69, 9.17) is 4.74 Å². The van der Waals surface area contributed by atoms with Crippen molar-refractivity contribution in [1.29, 1.82) is 0 Å². The monoisotopic (exact) mass is 195 g/mol. The Labute approximate surface area is 84.5 Å². The summed E-state index contributed by atoms with van der Waals surface area (Å²) < 4.78 is 5.43. The number of allylic oxidation sites excluding steroid dienone is 2. The van der Waals surface area contributed by atoms with E-state index in [1.807, 2.05) is 13.0 Å². The number of rotatable bonds is 2. The normalized spacial score (nSPS) is 37.4. The predicted molar refractivity (Wildman–Crippen MR) is 54.1 cm³/mol. The van der Waals surface area contributed by atoms with E-state index < -0.39 is 0 Å². The lowest BCUT2D eigenvalue weighted by Crippen LogP contribution is -2.55.